The quantitative estimate of drug-likeness (QED) is 0.292. The number of benzene rings is 3. The fraction of sp³-hybridized carbons (Fsp3) is 0.281. The number of rotatable bonds is 9. The molecule has 1 saturated heterocycles. The molecule has 41 heavy (non-hydrogen) atoms. The Morgan fingerprint density at radius 2 is 1.66 bits per heavy atom. The van der Waals surface area contributed by atoms with Crippen molar-refractivity contribution in [3.63, 3.8) is 0 Å². The third kappa shape index (κ3) is 7.00. The summed E-state index contributed by atoms with van der Waals surface area (Å²) in [5.74, 6) is 1.57. The average molecular weight is 553 g/mol. The van der Waals surface area contributed by atoms with Crippen LogP contribution in [-0.4, -0.2) is 73.1 Å². The average Bonchev–Trinajstić information content (AvgIpc) is 3.00. The molecule has 0 unspecified atom stereocenters. The number of methoxy groups -OCH3 is 2. The predicted octanol–water partition coefficient (Wildman–Crippen LogP) is 5.21. The highest BCUT2D eigenvalue weighted by Crippen LogP contribution is 2.32. The van der Waals surface area contributed by atoms with E-state index >= 15 is 0 Å². The molecule has 0 bridgehead atoms. The van der Waals surface area contributed by atoms with Crippen molar-refractivity contribution in [2.75, 3.05) is 58.1 Å². The molecule has 9 nitrogen and oxygen atoms in total. The van der Waals surface area contributed by atoms with Crippen molar-refractivity contribution in [3.8, 4) is 22.8 Å². The lowest BCUT2D eigenvalue weighted by atomic mass is 10.1. The fourth-order valence-electron chi connectivity index (χ4n) is 4.76. The van der Waals surface area contributed by atoms with Crippen LogP contribution in [0.4, 0.5) is 17.3 Å². The number of anilines is 3. The molecule has 1 aliphatic heterocycles. The number of hydrogen-bond donors (Lipinski definition) is 2. The summed E-state index contributed by atoms with van der Waals surface area (Å²) < 4.78 is 10.8. The first-order valence-electron chi connectivity index (χ1n) is 13.7. The molecular weight excluding hydrogens is 516 g/mol. The molecule has 2 heterocycles. The highest BCUT2D eigenvalue weighted by atomic mass is 16.5. The van der Waals surface area contributed by atoms with Gasteiger partial charge in [-0.15, -0.1) is 0 Å². The van der Waals surface area contributed by atoms with Crippen LogP contribution >= 0.6 is 0 Å². The van der Waals surface area contributed by atoms with Crippen LogP contribution in [0, 0.1) is 6.92 Å². The number of aryl methyl sites for hydroxylation is 1. The van der Waals surface area contributed by atoms with Crippen molar-refractivity contribution in [1.29, 1.82) is 0 Å². The summed E-state index contributed by atoms with van der Waals surface area (Å²) in [7, 11) is 5.37. The molecule has 1 aliphatic rings. The number of aromatic nitrogens is 2. The molecule has 4 aromatic rings. The first-order chi connectivity index (χ1) is 19.9. The zero-order valence-electron chi connectivity index (χ0n) is 24.0. The van der Waals surface area contributed by atoms with E-state index in [4.69, 9.17) is 14.5 Å². The van der Waals surface area contributed by atoms with Gasteiger partial charge < -0.3 is 25.0 Å². The molecule has 1 amide bonds. The first-order valence-corrected chi connectivity index (χ1v) is 13.7. The lowest BCUT2D eigenvalue weighted by Gasteiger charge is -2.32. The van der Waals surface area contributed by atoms with E-state index < -0.39 is 0 Å². The number of likely N-dealkylation sites (N-methyl/N-ethyl adjacent to an activating group) is 1. The molecule has 0 saturated carbocycles. The van der Waals surface area contributed by atoms with Gasteiger partial charge in [-0.3, -0.25) is 9.69 Å². The number of piperazine rings is 1. The maximum atomic E-state index is 13.0. The van der Waals surface area contributed by atoms with Crippen molar-refractivity contribution in [2.24, 2.45) is 0 Å². The lowest BCUT2D eigenvalue weighted by molar-refractivity contribution is 0.102. The SMILES string of the molecule is COc1ccc(-c2ccnc(Nc3cc(NC(=O)c4ccc(CN5CCN(C)CC5)cc4)ccc3C)n2)cc1OC. The van der Waals surface area contributed by atoms with Crippen molar-refractivity contribution in [1.82, 2.24) is 19.8 Å². The standard InChI is InChI=1S/C32H36N6O3/c1-22-5-11-26(34-31(39)24-8-6-23(7-9-24)21-38-17-15-37(2)16-18-38)20-28(22)36-32-33-14-13-27(35-32)25-10-12-29(40-3)30(19-25)41-4/h5-14,19-20H,15-18,21H2,1-4H3,(H,34,39)(H,33,35,36). The maximum absolute atomic E-state index is 13.0. The molecule has 1 fully saturated rings. The van der Waals surface area contributed by atoms with E-state index in [0.29, 0.717) is 28.7 Å². The predicted molar refractivity (Wildman–Crippen MR) is 162 cm³/mol. The second-order valence-corrected chi connectivity index (χ2v) is 10.2. The molecule has 2 N–H and O–H groups in total. The summed E-state index contributed by atoms with van der Waals surface area (Å²) in [4.78, 5) is 26.9. The first kappa shape index (κ1) is 28.1. The molecule has 3 aromatic carbocycles. The van der Waals surface area contributed by atoms with Crippen molar-refractivity contribution < 1.29 is 14.3 Å². The van der Waals surface area contributed by atoms with E-state index in [-0.39, 0.29) is 5.91 Å². The van der Waals surface area contributed by atoms with Crippen LogP contribution in [0.15, 0.2) is 72.9 Å². The Morgan fingerprint density at radius 3 is 2.39 bits per heavy atom. The van der Waals surface area contributed by atoms with E-state index in [1.54, 1.807) is 20.4 Å². The van der Waals surface area contributed by atoms with Gasteiger partial charge in [-0.05, 0) is 73.6 Å². The largest absolute Gasteiger partial charge is 0.493 e. The Kier molecular flexibility index (Phi) is 8.76. The van der Waals surface area contributed by atoms with Crippen LogP contribution in [-0.2, 0) is 6.54 Å². The highest BCUT2D eigenvalue weighted by Gasteiger charge is 2.15. The number of carbonyl (C=O) groups excluding carboxylic acids is 1. The maximum Gasteiger partial charge on any atom is 0.255 e. The van der Waals surface area contributed by atoms with Crippen LogP contribution in [0.3, 0.4) is 0 Å². The van der Waals surface area contributed by atoms with Gasteiger partial charge in [-0.1, -0.05) is 18.2 Å². The molecule has 5 rings (SSSR count). The fourth-order valence-corrected chi connectivity index (χ4v) is 4.76. The highest BCUT2D eigenvalue weighted by molar-refractivity contribution is 6.04. The summed E-state index contributed by atoms with van der Waals surface area (Å²) in [6.45, 7) is 7.19. The van der Waals surface area contributed by atoms with Crippen LogP contribution in [0.2, 0.25) is 0 Å². The zero-order valence-corrected chi connectivity index (χ0v) is 24.0. The smallest absolute Gasteiger partial charge is 0.255 e. The number of hydrogen-bond acceptors (Lipinski definition) is 8. The lowest BCUT2D eigenvalue weighted by Crippen LogP contribution is -2.43. The zero-order chi connectivity index (χ0) is 28.8. The van der Waals surface area contributed by atoms with Gasteiger partial charge >= 0.3 is 0 Å². The third-order valence-electron chi connectivity index (χ3n) is 7.29. The minimum atomic E-state index is -0.155. The minimum absolute atomic E-state index is 0.155. The van der Waals surface area contributed by atoms with E-state index in [1.165, 1.54) is 5.56 Å². The van der Waals surface area contributed by atoms with Gasteiger partial charge in [-0.25, -0.2) is 9.97 Å². The van der Waals surface area contributed by atoms with Gasteiger partial charge in [0.05, 0.1) is 19.9 Å². The molecule has 0 spiro atoms. The van der Waals surface area contributed by atoms with E-state index in [0.717, 1.165) is 55.2 Å². The molecule has 1 aromatic heterocycles. The Hall–Kier alpha value is -4.47. The van der Waals surface area contributed by atoms with E-state index in [1.807, 2.05) is 73.7 Å². The molecule has 9 heteroatoms. The monoisotopic (exact) mass is 552 g/mol. The van der Waals surface area contributed by atoms with Gasteiger partial charge in [0.25, 0.3) is 5.91 Å². The molecule has 0 radical (unpaired) electrons. The van der Waals surface area contributed by atoms with Crippen molar-refractivity contribution in [3.05, 3.63) is 89.6 Å². The summed E-state index contributed by atoms with van der Waals surface area (Å²) >= 11 is 0. The van der Waals surface area contributed by atoms with Gasteiger partial charge in [0.2, 0.25) is 5.95 Å². The van der Waals surface area contributed by atoms with Crippen LogP contribution < -0.4 is 20.1 Å². The number of nitrogens with zero attached hydrogens (tertiary/aromatic N) is 4. The minimum Gasteiger partial charge on any atom is -0.493 e. The van der Waals surface area contributed by atoms with E-state index in [9.17, 15) is 4.79 Å². The van der Waals surface area contributed by atoms with Crippen LogP contribution in [0.1, 0.15) is 21.5 Å². The topological polar surface area (TPSA) is 91.8 Å². The number of amides is 1. The second-order valence-electron chi connectivity index (χ2n) is 10.2. The van der Waals surface area contributed by atoms with Gasteiger partial charge in [0, 0.05) is 61.4 Å². The van der Waals surface area contributed by atoms with Gasteiger partial charge in [0.15, 0.2) is 11.5 Å². The van der Waals surface area contributed by atoms with E-state index in [2.05, 4.69) is 32.5 Å². The summed E-state index contributed by atoms with van der Waals surface area (Å²) in [5.41, 5.74) is 5.92. The molecule has 0 aliphatic carbocycles. The van der Waals surface area contributed by atoms with Gasteiger partial charge in [-0.2, -0.15) is 0 Å². The van der Waals surface area contributed by atoms with Crippen LogP contribution in [0.25, 0.3) is 11.3 Å². The summed E-state index contributed by atoms with van der Waals surface area (Å²) in [5, 5.41) is 6.32. The molecule has 0 atom stereocenters. The molecule has 212 valence electrons. The van der Waals surface area contributed by atoms with Gasteiger partial charge in [0.1, 0.15) is 0 Å². The third-order valence-corrected chi connectivity index (χ3v) is 7.29. The van der Waals surface area contributed by atoms with Crippen molar-refractivity contribution in [2.45, 2.75) is 13.5 Å². The van der Waals surface area contributed by atoms with Crippen LogP contribution in [0.5, 0.6) is 11.5 Å². The summed E-state index contributed by atoms with van der Waals surface area (Å²) in [6, 6.07) is 21.1. The normalized spacial score (nSPS) is 14.0. The Bertz CT molecular complexity index is 1500. The number of ether oxygens (including phenoxy) is 2. The Labute approximate surface area is 241 Å². The second kappa shape index (κ2) is 12.8. The van der Waals surface area contributed by atoms with Crippen molar-refractivity contribution >= 4 is 23.2 Å². The Morgan fingerprint density at radius 1 is 0.902 bits per heavy atom. The Balaban J connectivity index is 1.25. The number of nitrogens with one attached hydrogen (secondary N) is 2. The summed E-state index contributed by atoms with van der Waals surface area (Å²) in [6.07, 6.45) is 1.70. The molecular formula is C32H36N6O3. The number of carbonyl (C=O) groups is 1.